The van der Waals surface area contributed by atoms with Gasteiger partial charge in [0, 0.05) is 42.8 Å². The van der Waals surface area contributed by atoms with Crippen molar-refractivity contribution in [3.05, 3.63) is 42.3 Å². The molecule has 40 heavy (non-hydrogen) atoms. The van der Waals surface area contributed by atoms with Crippen molar-refractivity contribution in [1.82, 2.24) is 30.9 Å². The van der Waals surface area contributed by atoms with Crippen LogP contribution < -0.4 is 25.6 Å². The van der Waals surface area contributed by atoms with Crippen LogP contribution in [0.2, 0.25) is 0 Å². The molecule has 1 saturated heterocycles. The number of carboxylic acids is 1. The van der Waals surface area contributed by atoms with Crippen LogP contribution >= 0.6 is 11.3 Å². The van der Waals surface area contributed by atoms with Crippen LogP contribution in [0.5, 0.6) is 5.88 Å². The third-order valence-corrected chi connectivity index (χ3v) is 8.60. The number of thiazole rings is 1. The lowest BCUT2D eigenvalue weighted by atomic mass is 9.65. The van der Waals surface area contributed by atoms with E-state index in [1.807, 2.05) is 37.1 Å². The standard InChI is InChI=1S/C27H32N8O4S/c1-4-26(24(36)37)7-9-28-14-21(26)27(34-25(38)29-5-2)33-8-6-10-35(27)17-11-18(23-20(12-17)32-16-40-23)19-13-22(39-3)31-15-30-19/h6,8,10-13,15-16,21,28H,4-5,7,9,14H2,1-3H3,(H,36,37)(H2,29,34,38). The van der Waals surface area contributed by atoms with Crippen LogP contribution in [-0.2, 0) is 4.79 Å². The molecule has 3 atom stereocenters. The second-order valence-electron chi connectivity index (χ2n) is 9.66. The van der Waals surface area contributed by atoms with E-state index in [9.17, 15) is 14.7 Å². The number of aliphatic carboxylic acids is 1. The number of hydrogen-bond acceptors (Lipinski definition) is 10. The van der Waals surface area contributed by atoms with E-state index in [2.05, 4.69) is 30.9 Å². The largest absolute Gasteiger partial charge is 0.481 e. The molecule has 0 saturated carbocycles. The molecular formula is C27H32N8O4S. The number of hydrogen-bond donors (Lipinski definition) is 4. The highest BCUT2D eigenvalue weighted by Gasteiger charge is 2.59. The molecule has 12 nitrogen and oxygen atoms in total. The van der Waals surface area contributed by atoms with E-state index in [-0.39, 0.29) is 0 Å². The molecule has 1 aromatic carbocycles. The number of nitrogens with one attached hydrogen (secondary N) is 3. The number of aromatic nitrogens is 3. The second-order valence-corrected chi connectivity index (χ2v) is 10.5. The number of carbonyl (C=O) groups excluding carboxylic acids is 1. The summed E-state index contributed by atoms with van der Waals surface area (Å²) >= 11 is 1.48. The number of fused-ring (bicyclic) bond motifs is 1. The Labute approximate surface area is 235 Å². The zero-order valence-corrected chi connectivity index (χ0v) is 23.4. The Bertz CT molecular complexity index is 1480. The van der Waals surface area contributed by atoms with Crippen LogP contribution in [0.15, 0.2) is 47.3 Å². The first kappa shape index (κ1) is 27.5. The predicted octanol–water partition coefficient (Wildman–Crippen LogP) is 3.23. The highest BCUT2D eigenvalue weighted by molar-refractivity contribution is 7.17. The summed E-state index contributed by atoms with van der Waals surface area (Å²) in [4.78, 5) is 46.0. The zero-order valence-electron chi connectivity index (χ0n) is 22.5. The summed E-state index contributed by atoms with van der Waals surface area (Å²) in [5.74, 6) is -2.58. The van der Waals surface area contributed by atoms with Gasteiger partial charge in [0.15, 0.2) is 0 Å². The molecule has 2 aliphatic heterocycles. The second kappa shape index (κ2) is 11.2. The minimum atomic E-state index is -1.46. The van der Waals surface area contributed by atoms with Crippen molar-refractivity contribution in [1.29, 1.82) is 0 Å². The summed E-state index contributed by atoms with van der Waals surface area (Å²) in [5.41, 5.74) is 3.45. The van der Waals surface area contributed by atoms with Crippen molar-refractivity contribution < 1.29 is 19.4 Å². The average Bonchev–Trinajstić information content (AvgIpc) is 3.45. The van der Waals surface area contributed by atoms with E-state index in [0.29, 0.717) is 49.7 Å². The fourth-order valence-corrected chi connectivity index (χ4v) is 6.51. The van der Waals surface area contributed by atoms with Crippen molar-refractivity contribution in [3.63, 3.8) is 0 Å². The quantitative estimate of drug-likeness (QED) is 0.323. The lowest BCUT2D eigenvalue weighted by Crippen LogP contribution is -2.71. The summed E-state index contributed by atoms with van der Waals surface area (Å²) in [6, 6.07) is 5.17. The van der Waals surface area contributed by atoms with Crippen molar-refractivity contribution in [2.75, 3.05) is 31.6 Å². The molecule has 1 fully saturated rings. The number of anilines is 1. The number of methoxy groups -OCH3 is 1. The van der Waals surface area contributed by atoms with Gasteiger partial charge >= 0.3 is 12.0 Å². The van der Waals surface area contributed by atoms with Crippen LogP contribution in [0.3, 0.4) is 0 Å². The number of allylic oxidation sites excluding steroid dienone is 1. The van der Waals surface area contributed by atoms with Gasteiger partial charge in [-0.05, 0) is 44.5 Å². The van der Waals surface area contributed by atoms with Gasteiger partial charge in [-0.25, -0.2) is 24.7 Å². The maximum atomic E-state index is 13.2. The number of aliphatic imine (C=N–C) groups is 1. The molecule has 2 amide bonds. The number of carboxylic acid groups (broad SMARTS) is 1. The number of ether oxygens (including phenoxy) is 1. The molecular weight excluding hydrogens is 532 g/mol. The Morgan fingerprint density at radius 1 is 1.25 bits per heavy atom. The molecule has 0 aliphatic carbocycles. The summed E-state index contributed by atoms with van der Waals surface area (Å²) in [6.45, 7) is 4.98. The maximum Gasteiger partial charge on any atom is 0.318 e. The Morgan fingerprint density at radius 2 is 2.10 bits per heavy atom. The lowest BCUT2D eigenvalue weighted by Gasteiger charge is -2.53. The molecule has 0 radical (unpaired) electrons. The van der Waals surface area contributed by atoms with E-state index in [0.717, 1.165) is 15.8 Å². The van der Waals surface area contributed by atoms with E-state index >= 15 is 0 Å². The van der Waals surface area contributed by atoms with Crippen molar-refractivity contribution in [3.8, 4) is 17.1 Å². The topological polar surface area (TPSA) is 154 Å². The third kappa shape index (κ3) is 4.64. The Balaban J connectivity index is 1.73. The van der Waals surface area contributed by atoms with Crippen LogP contribution in [0, 0.1) is 11.3 Å². The van der Waals surface area contributed by atoms with E-state index in [1.165, 1.54) is 17.7 Å². The highest BCUT2D eigenvalue weighted by Crippen LogP contribution is 2.48. The average molecular weight is 565 g/mol. The Kier molecular flexibility index (Phi) is 7.68. The Hall–Kier alpha value is -4.10. The summed E-state index contributed by atoms with van der Waals surface area (Å²) in [5, 5.41) is 19.8. The smallest absolute Gasteiger partial charge is 0.318 e. The van der Waals surface area contributed by atoms with Crippen LogP contribution in [0.25, 0.3) is 21.5 Å². The van der Waals surface area contributed by atoms with Gasteiger partial charge < -0.3 is 25.4 Å². The number of amides is 2. The van der Waals surface area contributed by atoms with Crippen molar-refractivity contribution in [2.45, 2.75) is 32.5 Å². The van der Waals surface area contributed by atoms with Gasteiger partial charge in [0.1, 0.15) is 6.33 Å². The summed E-state index contributed by atoms with van der Waals surface area (Å²) in [6.07, 6.45) is 7.40. The number of benzene rings is 1. The SMILES string of the molecule is CCNC(=O)NC1(C2CNCCC2(CC)C(=O)O)N=CC=CN1c1cc(-c2cc(OC)ncn2)c2scnc2c1. The molecule has 210 valence electrons. The monoisotopic (exact) mass is 564 g/mol. The predicted molar refractivity (Wildman–Crippen MR) is 154 cm³/mol. The molecule has 2 aliphatic rings. The van der Waals surface area contributed by atoms with Gasteiger partial charge in [-0.2, -0.15) is 0 Å². The van der Waals surface area contributed by atoms with Gasteiger partial charge in [0.25, 0.3) is 0 Å². The zero-order chi connectivity index (χ0) is 28.3. The highest BCUT2D eigenvalue weighted by atomic mass is 32.1. The van der Waals surface area contributed by atoms with E-state index in [1.54, 1.807) is 31.0 Å². The fraction of sp³-hybridized carbons (Fsp3) is 0.407. The van der Waals surface area contributed by atoms with Crippen LogP contribution in [-0.4, -0.2) is 70.8 Å². The maximum absolute atomic E-state index is 13.2. The number of urea groups is 1. The molecule has 5 rings (SSSR count). The fourth-order valence-electron chi connectivity index (χ4n) is 5.72. The number of carbonyl (C=O) groups is 2. The number of piperidine rings is 1. The summed E-state index contributed by atoms with van der Waals surface area (Å²) < 4.78 is 6.25. The molecule has 2 aromatic heterocycles. The molecule has 4 heterocycles. The number of rotatable bonds is 8. The van der Waals surface area contributed by atoms with Gasteiger partial charge in [-0.3, -0.25) is 10.1 Å². The minimum Gasteiger partial charge on any atom is -0.481 e. The van der Waals surface area contributed by atoms with E-state index < -0.39 is 29.1 Å². The molecule has 0 bridgehead atoms. The van der Waals surface area contributed by atoms with Gasteiger partial charge in [-0.15, -0.1) is 11.3 Å². The lowest BCUT2D eigenvalue weighted by molar-refractivity contribution is -0.158. The normalized spacial score (nSPS) is 24.2. The van der Waals surface area contributed by atoms with Crippen molar-refractivity contribution >= 4 is 45.5 Å². The van der Waals surface area contributed by atoms with Gasteiger partial charge in [-0.1, -0.05) is 6.92 Å². The first-order valence-corrected chi connectivity index (χ1v) is 14.0. The molecule has 3 aromatic rings. The van der Waals surface area contributed by atoms with E-state index in [4.69, 9.17) is 9.73 Å². The first-order valence-electron chi connectivity index (χ1n) is 13.1. The van der Waals surface area contributed by atoms with Crippen LogP contribution in [0.4, 0.5) is 10.5 Å². The molecule has 0 spiro atoms. The summed E-state index contributed by atoms with van der Waals surface area (Å²) in [7, 11) is 1.55. The number of nitrogens with zero attached hydrogens (tertiary/aromatic N) is 5. The Morgan fingerprint density at radius 3 is 2.85 bits per heavy atom. The van der Waals surface area contributed by atoms with Crippen LogP contribution in [0.1, 0.15) is 26.7 Å². The third-order valence-electron chi connectivity index (χ3n) is 7.72. The minimum absolute atomic E-state index is 0.336. The van der Waals surface area contributed by atoms with Gasteiger partial charge in [0.05, 0.1) is 39.9 Å². The first-order chi connectivity index (χ1) is 19.4. The van der Waals surface area contributed by atoms with Gasteiger partial charge in [0.2, 0.25) is 11.7 Å². The molecule has 13 heteroatoms. The van der Waals surface area contributed by atoms with Crippen molar-refractivity contribution in [2.24, 2.45) is 16.3 Å². The molecule has 4 N–H and O–H groups in total. The molecule has 3 unspecified atom stereocenters.